The van der Waals surface area contributed by atoms with E-state index in [0.29, 0.717) is 32.7 Å². The van der Waals surface area contributed by atoms with Gasteiger partial charge in [0.15, 0.2) is 0 Å². The van der Waals surface area contributed by atoms with Gasteiger partial charge in [-0.25, -0.2) is 14.2 Å². The molecule has 0 saturated carbocycles. The number of halogens is 3. The fourth-order valence-electron chi connectivity index (χ4n) is 2.83. The zero-order valence-electron chi connectivity index (χ0n) is 15.7. The van der Waals surface area contributed by atoms with Crippen molar-refractivity contribution in [2.75, 3.05) is 7.05 Å². The van der Waals surface area contributed by atoms with E-state index in [9.17, 15) is 14.4 Å². The van der Waals surface area contributed by atoms with Gasteiger partial charge in [0, 0.05) is 24.0 Å². The number of hydrogen-bond donors (Lipinski definition) is 2. The summed E-state index contributed by atoms with van der Waals surface area (Å²) in [6.07, 6.45) is 0. The van der Waals surface area contributed by atoms with Crippen molar-refractivity contribution in [1.82, 2.24) is 20.5 Å². The average Bonchev–Trinajstić information content (AvgIpc) is 3.06. The Labute approximate surface area is 176 Å². The first-order chi connectivity index (χ1) is 13.7. The lowest BCUT2D eigenvalue weighted by Gasteiger charge is -2.19. The van der Waals surface area contributed by atoms with Crippen LogP contribution in [0.4, 0.5) is 9.18 Å². The summed E-state index contributed by atoms with van der Waals surface area (Å²) in [5, 5.41) is 16.6. The molecule has 0 spiro atoms. The second kappa shape index (κ2) is 8.36. The number of carbonyl (C=O) groups is 1. The number of urea groups is 1. The molecule has 1 atom stereocenters. The van der Waals surface area contributed by atoms with E-state index in [2.05, 4.69) is 15.5 Å². The fraction of sp³-hybridized carbons (Fsp3) is 0.211. The standard InChI is InChI=1S/C19H17Cl2FN4O3/c1-9(23-19(27)26(3)28)13-5-4-11(6-15(13)21)14-7-12(20)8-16(22)17(14)18-24-10(2)29-25-18/h4-9,28H,1-3H3,(H,23,27)/t9-/m1/s1. The Morgan fingerprint density at radius 1 is 1.31 bits per heavy atom. The molecule has 0 saturated heterocycles. The normalized spacial score (nSPS) is 12.0. The first-order valence-corrected chi connectivity index (χ1v) is 9.25. The van der Waals surface area contributed by atoms with Crippen molar-refractivity contribution < 1.29 is 18.9 Å². The lowest BCUT2D eigenvalue weighted by atomic mass is 9.96. The van der Waals surface area contributed by atoms with E-state index >= 15 is 0 Å². The summed E-state index contributed by atoms with van der Waals surface area (Å²) in [6.45, 7) is 3.32. The van der Waals surface area contributed by atoms with Crippen LogP contribution in [0.15, 0.2) is 34.9 Å². The third-order valence-electron chi connectivity index (χ3n) is 4.22. The highest BCUT2D eigenvalue weighted by Gasteiger charge is 2.21. The Balaban J connectivity index is 2.04. The van der Waals surface area contributed by atoms with Crippen molar-refractivity contribution in [3.63, 3.8) is 0 Å². The molecule has 1 aromatic heterocycles. The van der Waals surface area contributed by atoms with Crippen LogP contribution in [0.2, 0.25) is 10.0 Å². The Hall–Kier alpha value is -2.68. The Bertz CT molecular complexity index is 1070. The van der Waals surface area contributed by atoms with Crippen molar-refractivity contribution in [2.24, 2.45) is 0 Å². The second-order valence-electron chi connectivity index (χ2n) is 6.38. The molecule has 2 aromatic carbocycles. The highest BCUT2D eigenvalue weighted by Crippen LogP contribution is 2.37. The molecule has 2 N–H and O–H groups in total. The van der Waals surface area contributed by atoms with Crippen LogP contribution in [0.25, 0.3) is 22.5 Å². The largest absolute Gasteiger partial charge is 0.341 e. The van der Waals surface area contributed by atoms with Gasteiger partial charge in [-0.2, -0.15) is 4.98 Å². The van der Waals surface area contributed by atoms with Gasteiger partial charge in [-0.15, -0.1) is 0 Å². The quantitative estimate of drug-likeness (QED) is 0.428. The predicted molar refractivity (Wildman–Crippen MR) is 106 cm³/mol. The molecule has 0 aliphatic rings. The first-order valence-electron chi connectivity index (χ1n) is 8.50. The molecule has 0 radical (unpaired) electrons. The average molecular weight is 439 g/mol. The number of carbonyl (C=O) groups excluding carboxylic acids is 1. The van der Waals surface area contributed by atoms with Gasteiger partial charge >= 0.3 is 6.03 Å². The number of aryl methyl sites for hydroxylation is 1. The van der Waals surface area contributed by atoms with Crippen LogP contribution in [0.1, 0.15) is 24.4 Å². The van der Waals surface area contributed by atoms with Crippen molar-refractivity contribution in [3.05, 3.63) is 57.6 Å². The predicted octanol–water partition coefficient (Wildman–Crippen LogP) is 5.25. The van der Waals surface area contributed by atoms with E-state index in [1.807, 2.05) is 0 Å². The highest BCUT2D eigenvalue weighted by atomic mass is 35.5. The van der Waals surface area contributed by atoms with Crippen molar-refractivity contribution >= 4 is 29.2 Å². The fourth-order valence-corrected chi connectivity index (χ4v) is 3.38. The number of hydroxylamine groups is 2. The van der Waals surface area contributed by atoms with Crippen LogP contribution < -0.4 is 5.32 Å². The molecule has 0 bridgehead atoms. The van der Waals surface area contributed by atoms with Gasteiger partial charge < -0.3 is 9.84 Å². The number of nitrogens with zero attached hydrogens (tertiary/aromatic N) is 3. The van der Waals surface area contributed by atoms with Gasteiger partial charge in [-0.3, -0.25) is 5.21 Å². The van der Waals surface area contributed by atoms with E-state index in [4.69, 9.17) is 27.7 Å². The van der Waals surface area contributed by atoms with Gasteiger partial charge in [-0.1, -0.05) is 40.5 Å². The van der Waals surface area contributed by atoms with Gasteiger partial charge in [-0.05, 0) is 41.8 Å². The molecule has 2 amide bonds. The van der Waals surface area contributed by atoms with E-state index in [1.54, 1.807) is 38.1 Å². The third-order valence-corrected chi connectivity index (χ3v) is 4.76. The number of hydrogen-bond acceptors (Lipinski definition) is 5. The summed E-state index contributed by atoms with van der Waals surface area (Å²) in [5.74, 6) is -0.203. The summed E-state index contributed by atoms with van der Waals surface area (Å²) >= 11 is 12.5. The van der Waals surface area contributed by atoms with Crippen LogP contribution in [0.5, 0.6) is 0 Å². The minimum absolute atomic E-state index is 0.0958. The number of benzene rings is 2. The Morgan fingerprint density at radius 2 is 2.03 bits per heavy atom. The molecule has 0 aliphatic heterocycles. The number of rotatable bonds is 4. The van der Waals surface area contributed by atoms with Gasteiger partial charge in [0.25, 0.3) is 0 Å². The number of aromatic nitrogens is 2. The number of amides is 2. The monoisotopic (exact) mass is 438 g/mol. The topological polar surface area (TPSA) is 91.5 Å². The van der Waals surface area contributed by atoms with Crippen LogP contribution in [-0.2, 0) is 0 Å². The smallest absolute Gasteiger partial charge is 0.339 e. The van der Waals surface area contributed by atoms with E-state index < -0.39 is 17.9 Å². The lowest BCUT2D eigenvalue weighted by molar-refractivity contribution is -0.0192. The van der Waals surface area contributed by atoms with Crippen LogP contribution in [0.3, 0.4) is 0 Å². The maximum absolute atomic E-state index is 14.7. The minimum atomic E-state index is -0.677. The van der Waals surface area contributed by atoms with Crippen LogP contribution >= 0.6 is 23.2 Å². The van der Waals surface area contributed by atoms with E-state index in [1.165, 1.54) is 13.1 Å². The number of nitrogens with one attached hydrogen (secondary N) is 1. The van der Waals surface area contributed by atoms with Crippen molar-refractivity contribution in [1.29, 1.82) is 0 Å². The summed E-state index contributed by atoms with van der Waals surface area (Å²) < 4.78 is 19.7. The van der Waals surface area contributed by atoms with Gasteiger partial charge in [0.1, 0.15) is 5.82 Å². The molecule has 0 fully saturated rings. The van der Waals surface area contributed by atoms with Crippen molar-refractivity contribution in [2.45, 2.75) is 19.9 Å². The zero-order chi connectivity index (χ0) is 21.3. The van der Waals surface area contributed by atoms with E-state index in [0.717, 1.165) is 0 Å². The molecule has 7 nitrogen and oxygen atoms in total. The summed E-state index contributed by atoms with van der Waals surface area (Å²) in [7, 11) is 1.21. The zero-order valence-corrected chi connectivity index (χ0v) is 17.2. The Kier molecular flexibility index (Phi) is 6.07. The van der Waals surface area contributed by atoms with Crippen LogP contribution in [-0.4, -0.2) is 33.5 Å². The lowest BCUT2D eigenvalue weighted by Crippen LogP contribution is -2.36. The molecule has 10 heteroatoms. The molecule has 3 rings (SSSR count). The summed E-state index contributed by atoms with van der Waals surface area (Å²) in [5.41, 5.74) is 1.77. The molecule has 0 unspecified atom stereocenters. The molecule has 3 aromatic rings. The Morgan fingerprint density at radius 3 is 2.62 bits per heavy atom. The maximum Gasteiger partial charge on any atom is 0.341 e. The molecule has 0 aliphatic carbocycles. The minimum Gasteiger partial charge on any atom is -0.339 e. The molecule has 1 heterocycles. The first kappa shape index (κ1) is 21.0. The van der Waals surface area contributed by atoms with E-state index in [-0.39, 0.29) is 16.4 Å². The molecule has 152 valence electrons. The summed E-state index contributed by atoms with van der Waals surface area (Å²) in [6, 6.07) is 6.65. The molecule has 29 heavy (non-hydrogen) atoms. The van der Waals surface area contributed by atoms with Crippen LogP contribution in [0, 0.1) is 12.7 Å². The second-order valence-corrected chi connectivity index (χ2v) is 7.22. The highest BCUT2D eigenvalue weighted by molar-refractivity contribution is 6.32. The SMILES string of the molecule is Cc1nc(-c2c(F)cc(Cl)cc2-c2ccc([C@@H](C)NC(=O)N(C)O)c(Cl)c2)no1. The maximum atomic E-state index is 14.7. The summed E-state index contributed by atoms with van der Waals surface area (Å²) in [4.78, 5) is 15.8. The third kappa shape index (κ3) is 4.50. The van der Waals surface area contributed by atoms with Gasteiger partial charge in [0.2, 0.25) is 11.7 Å². The molecular weight excluding hydrogens is 422 g/mol. The van der Waals surface area contributed by atoms with Gasteiger partial charge in [0.05, 0.1) is 11.6 Å². The van der Waals surface area contributed by atoms with Crippen molar-refractivity contribution in [3.8, 4) is 22.5 Å². The molecular formula is C19H17Cl2FN4O3.